The maximum atomic E-state index is 9.72. The molecular formula is C9H15NO2. The van der Waals surface area contributed by atoms with E-state index in [1.54, 1.807) is 0 Å². The van der Waals surface area contributed by atoms with Crippen molar-refractivity contribution in [2.24, 2.45) is 0 Å². The largest absolute Gasteiger partial charge is 0.394 e. The fourth-order valence-corrected chi connectivity index (χ4v) is 2.47. The molecule has 2 N–H and O–H groups in total. The van der Waals surface area contributed by atoms with Crippen LogP contribution in [0.25, 0.3) is 0 Å². The van der Waals surface area contributed by atoms with Gasteiger partial charge < -0.3 is 10.2 Å². The molecule has 0 spiro atoms. The number of rotatable bonds is 1. The topological polar surface area (TPSA) is 43.7 Å². The quantitative estimate of drug-likeness (QED) is 0.532. The summed E-state index contributed by atoms with van der Waals surface area (Å²) in [5.74, 6) is 0. The molecule has 68 valence electrons. The number of hydrogen-bond donors (Lipinski definition) is 2. The van der Waals surface area contributed by atoms with Gasteiger partial charge in [-0.3, -0.25) is 4.90 Å². The van der Waals surface area contributed by atoms with Crippen LogP contribution >= 0.6 is 0 Å². The number of nitrogens with zero attached hydrogens (tertiary/aromatic N) is 1. The zero-order valence-electron chi connectivity index (χ0n) is 7.16. The predicted octanol–water partition coefficient (Wildman–Crippen LogP) is -0.256. The van der Waals surface area contributed by atoms with Crippen molar-refractivity contribution >= 4 is 0 Å². The van der Waals surface area contributed by atoms with E-state index in [9.17, 15) is 10.2 Å². The van der Waals surface area contributed by atoms with E-state index in [0.29, 0.717) is 0 Å². The van der Waals surface area contributed by atoms with E-state index in [1.807, 2.05) is 0 Å². The lowest BCUT2D eigenvalue weighted by atomic mass is 9.91. The van der Waals surface area contributed by atoms with E-state index < -0.39 is 0 Å². The number of fused-ring (bicyclic) bond motifs is 1. The molecule has 2 rings (SSSR count). The van der Waals surface area contributed by atoms with Gasteiger partial charge in [-0.25, -0.2) is 0 Å². The Morgan fingerprint density at radius 2 is 2.42 bits per heavy atom. The molecule has 3 nitrogen and oxygen atoms in total. The van der Waals surface area contributed by atoms with E-state index >= 15 is 0 Å². The highest BCUT2D eigenvalue weighted by molar-refractivity contribution is 5.20. The molecule has 0 aromatic carbocycles. The van der Waals surface area contributed by atoms with Gasteiger partial charge in [0.15, 0.2) is 0 Å². The van der Waals surface area contributed by atoms with Crippen LogP contribution in [0.1, 0.15) is 12.8 Å². The lowest BCUT2D eigenvalue weighted by Gasteiger charge is -2.32. The fraction of sp³-hybridized carbons (Fsp3) is 0.778. The van der Waals surface area contributed by atoms with Crippen LogP contribution in [0.2, 0.25) is 0 Å². The monoisotopic (exact) mass is 169 g/mol. The summed E-state index contributed by atoms with van der Waals surface area (Å²) in [6.45, 7) is 5.68. The van der Waals surface area contributed by atoms with Crippen molar-refractivity contribution in [1.29, 1.82) is 0 Å². The highest BCUT2D eigenvalue weighted by Crippen LogP contribution is 2.40. The van der Waals surface area contributed by atoms with Crippen molar-refractivity contribution in [3.63, 3.8) is 0 Å². The molecule has 3 heteroatoms. The Hall–Kier alpha value is -0.380. The molecule has 0 aromatic heterocycles. The summed E-state index contributed by atoms with van der Waals surface area (Å²) in [4.78, 5) is 2.15. The van der Waals surface area contributed by atoms with Crippen molar-refractivity contribution in [2.75, 3.05) is 19.7 Å². The van der Waals surface area contributed by atoms with Gasteiger partial charge in [0.1, 0.15) is 0 Å². The molecule has 0 radical (unpaired) electrons. The first-order valence-corrected chi connectivity index (χ1v) is 4.40. The third-order valence-electron chi connectivity index (χ3n) is 3.17. The third-order valence-corrected chi connectivity index (χ3v) is 3.17. The van der Waals surface area contributed by atoms with Crippen molar-refractivity contribution < 1.29 is 10.2 Å². The first kappa shape index (κ1) is 8.23. The molecular weight excluding hydrogens is 154 g/mol. The van der Waals surface area contributed by atoms with Gasteiger partial charge in [0.05, 0.1) is 18.2 Å². The second-order valence-corrected chi connectivity index (χ2v) is 3.91. The minimum atomic E-state index is -0.378. The first-order valence-electron chi connectivity index (χ1n) is 4.40. The molecule has 2 atom stereocenters. The SMILES string of the molecule is C=C1CN2CC[C@@H](O)[C@@]2(CO)C1. The average molecular weight is 169 g/mol. The Morgan fingerprint density at radius 1 is 1.67 bits per heavy atom. The first-order chi connectivity index (χ1) is 5.69. The van der Waals surface area contributed by atoms with Crippen molar-refractivity contribution in [1.82, 2.24) is 4.90 Å². The molecule has 2 heterocycles. The summed E-state index contributed by atoms with van der Waals surface area (Å²) in [5.41, 5.74) is 0.750. The Bertz CT molecular complexity index is 217. The summed E-state index contributed by atoms with van der Waals surface area (Å²) in [5, 5.41) is 19.0. The number of hydrogen-bond acceptors (Lipinski definition) is 3. The maximum Gasteiger partial charge on any atom is 0.0761 e. The van der Waals surface area contributed by atoms with Gasteiger partial charge in [-0.2, -0.15) is 0 Å². The molecule has 0 saturated carbocycles. The maximum absolute atomic E-state index is 9.72. The summed E-state index contributed by atoms with van der Waals surface area (Å²) in [7, 11) is 0. The van der Waals surface area contributed by atoms with Gasteiger partial charge >= 0.3 is 0 Å². The molecule has 0 aliphatic carbocycles. The Balaban J connectivity index is 2.27. The van der Waals surface area contributed by atoms with Gasteiger partial charge in [-0.05, 0) is 12.8 Å². The third kappa shape index (κ3) is 0.873. The second-order valence-electron chi connectivity index (χ2n) is 3.91. The molecule has 12 heavy (non-hydrogen) atoms. The molecule has 0 aromatic rings. The molecule has 0 unspecified atom stereocenters. The van der Waals surface area contributed by atoms with Crippen molar-refractivity contribution in [3.8, 4) is 0 Å². The van der Waals surface area contributed by atoms with E-state index in [4.69, 9.17) is 0 Å². The summed E-state index contributed by atoms with van der Waals surface area (Å²) < 4.78 is 0. The molecule has 0 amide bonds. The molecule has 2 aliphatic rings. The van der Waals surface area contributed by atoms with Crippen LogP contribution in [0.5, 0.6) is 0 Å². The average Bonchev–Trinajstić information content (AvgIpc) is 2.50. The van der Waals surface area contributed by atoms with Crippen LogP contribution in [0.15, 0.2) is 12.2 Å². The normalized spacial score (nSPS) is 42.2. The van der Waals surface area contributed by atoms with Gasteiger partial charge in [0.25, 0.3) is 0 Å². The lowest BCUT2D eigenvalue weighted by Crippen LogP contribution is -2.48. The van der Waals surface area contributed by atoms with Crippen LogP contribution in [0, 0.1) is 0 Å². The van der Waals surface area contributed by atoms with Crippen LogP contribution in [-0.2, 0) is 0 Å². The Labute approximate surface area is 72.3 Å². The van der Waals surface area contributed by atoms with Crippen molar-refractivity contribution in [3.05, 3.63) is 12.2 Å². The van der Waals surface area contributed by atoms with E-state index in [0.717, 1.165) is 31.5 Å². The predicted molar refractivity (Wildman–Crippen MR) is 45.8 cm³/mol. The van der Waals surface area contributed by atoms with E-state index in [-0.39, 0.29) is 18.2 Å². The smallest absolute Gasteiger partial charge is 0.0761 e. The standard InChI is InChI=1S/C9H15NO2/c1-7-4-9(6-11)8(12)2-3-10(9)5-7/h8,11-12H,1-6H2/t8-,9+/m1/s1. The number of aliphatic hydroxyl groups is 2. The summed E-state index contributed by atoms with van der Waals surface area (Å²) in [6.07, 6.45) is 1.17. The Kier molecular flexibility index (Phi) is 1.75. The van der Waals surface area contributed by atoms with Gasteiger partial charge in [0.2, 0.25) is 0 Å². The minimum absolute atomic E-state index is 0.0488. The van der Waals surface area contributed by atoms with E-state index in [2.05, 4.69) is 11.5 Å². The van der Waals surface area contributed by atoms with Gasteiger partial charge in [-0.1, -0.05) is 12.2 Å². The molecule has 2 fully saturated rings. The Morgan fingerprint density at radius 3 is 3.00 bits per heavy atom. The van der Waals surface area contributed by atoms with Crippen LogP contribution < -0.4 is 0 Å². The van der Waals surface area contributed by atoms with Crippen molar-refractivity contribution in [2.45, 2.75) is 24.5 Å². The molecule has 2 aliphatic heterocycles. The lowest BCUT2D eigenvalue weighted by molar-refractivity contribution is 0.00909. The molecule has 2 saturated heterocycles. The summed E-state index contributed by atoms with van der Waals surface area (Å²) >= 11 is 0. The zero-order chi connectivity index (χ0) is 8.77. The van der Waals surface area contributed by atoms with Gasteiger partial charge in [-0.15, -0.1) is 0 Å². The second kappa shape index (κ2) is 2.55. The highest BCUT2D eigenvalue weighted by atomic mass is 16.3. The van der Waals surface area contributed by atoms with E-state index in [1.165, 1.54) is 0 Å². The zero-order valence-corrected chi connectivity index (χ0v) is 7.16. The van der Waals surface area contributed by atoms with Crippen LogP contribution in [-0.4, -0.2) is 46.5 Å². The summed E-state index contributed by atoms with van der Waals surface area (Å²) in [6, 6.07) is 0. The number of aliphatic hydroxyl groups excluding tert-OH is 2. The van der Waals surface area contributed by atoms with Crippen LogP contribution in [0.4, 0.5) is 0 Å². The van der Waals surface area contributed by atoms with Crippen LogP contribution in [0.3, 0.4) is 0 Å². The van der Waals surface area contributed by atoms with Gasteiger partial charge in [0, 0.05) is 13.1 Å². The fourth-order valence-electron chi connectivity index (χ4n) is 2.47. The molecule has 0 bridgehead atoms. The minimum Gasteiger partial charge on any atom is -0.394 e. The highest BCUT2D eigenvalue weighted by Gasteiger charge is 2.51.